The molecule has 4 rings (SSSR count). The van der Waals surface area contributed by atoms with Gasteiger partial charge >= 0.3 is 0 Å². The summed E-state index contributed by atoms with van der Waals surface area (Å²) < 4.78 is 1.61. The number of aromatic nitrogens is 3. The highest BCUT2D eigenvalue weighted by atomic mass is 32.1. The van der Waals surface area contributed by atoms with Gasteiger partial charge in [-0.15, -0.1) is 11.3 Å². The number of imidazole rings is 1. The number of carbonyl (C=O) groups is 1. The molecule has 0 aliphatic carbocycles. The molecule has 0 aliphatic heterocycles. The monoisotopic (exact) mass is 320 g/mol. The van der Waals surface area contributed by atoms with Crippen molar-refractivity contribution in [2.45, 2.75) is 0 Å². The molecule has 6 heteroatoms. The molecule has 0 aliphatic rings. The number of hydrogen-bond donors (Lipinski definition) is 1. The second-order valence-corrected chi connectivity index (χ2v) is 5.81. The SMILES string of the molecule is O=C(Nn1cnc2ccccc21)c1csc(-c2ccccc2)n1. The fourth-order valence-electron chi connectivity index (χ4n) is 2.31. The molecule has 4 aromatic rings. The molecule has 0 radical (unpaired) electrons. The Morgan fingerprint density at radius 3 is 2.70 bits per heavy atom. The van der Waals surface area contributed by atoms with Crippen molar-refractivity contribution in [1.29, 1.82) is 0 Å². The van der Waals surface area contributed by atoms with Gasteiger partial charge < -0.3 is 0 Å². The minimum atomic E-state index is -0.258. The summed E-state index contributed by atoms with van der Waals surface area (Å²) in [6, 6.07) is 17.4. The molecule has 0 saturated heterocycles. The van der Waals surface area contributed by atoms with Gasteiger partial charge in [-0.1, -0.05) is 42.5 Å². The van der Waals surface area contributed by atoms with Crippen LogP contribution in [0.2, 0.25) is 0 Å². The van der Waals surface area contributed by atoms with Gasteiger partial charge in [0.15, 0.2) is 0 Å². The van der Waals surface area contributed by atoms with E-state index in [0.717, 1.165) is 21.6 Å². The Balaban J connectivity index is 1.59. The summed E-state index contributed by atoms with van der Waals surface area (Å²) in [4.78, 5) is 21.0. The predicted molar refractivity (Wildman–Crippen MR) is 91.0 cm³/mol. The first-order valence-electron chi connectivity index (χ1n) is 7.06. The van der Waals surface area contributed by atoms with E-state index in [1.807, 2.05) is 54.6 Å². The summed E-state index contributed by atoms with van der Waals surface area (Å²) in [6.07, 6.45) is 1.59. The first kappa shape index (κ1) is 13.7. The summed E-state index contributed by atoms with van der Waals surface area (Å²) in [5, 5.41) is 2.59. The lowest BCUT2D eigenvalue weighted by Crippen LogP contribution is -2.22. The number of carbonyl (C=O) groups excluding carboxylic acids is 1. The van der Waals surface area contributed by atoms with Crippen molar-refractivity contribution < 1.29 is 4.79 Å². The molecule has 0 fully saturated rings. The van der Waals surface area contributed by atoms with Crippen LogP contribution in [0.4, 0.5) is 0 Å². The third-order valence-corrected chi connectivity index (χ3v) is 4.32. The molecule has 1 N–H and O–H groups in total. The summed E-state index contributed by atoms with van der Waals surface area (Å²) in [7, 11) is 0. The maximum absolute atomic E-state index is 12.4. The van der Waals surface area contributed by atoms with Crippen LogP contribution in [0.1, 0.15) is 10.5 Å². The van der Waals surface area contributed by atoms with Crippen LogP contribution in [0.5, 0.6) is 0 Å². The van der Waals surface area contributed by atoms with Crippen molar-refractivity contribution in [3.8, 4) is 10.6 Å². The number of amides is 1. The largest absolute Gasteiger partial charge is 0.289 e. The average Bonchev–Trinajstić information content (AvgIpc) is 3.24. The van der Waals surface area contributed by atoms with Crippen LogP contribution in [0.25, 0.3) is 21.6 Å². The Bertz CT molecular complexity index is 974. The predicted octanol–water partition coefficient (Wildman–Crippen LogP) is 3.54. The minimum Gasteiger partial charge on any atom is -0.266 e. The Morgan fingerprint density at radius 1 is 1.04 bits per heavy atom. The fraction of sp³-hybridized carbons (Fsp3) is 0. The van der Waals surface area contributed by atoms with E-state index in [1.165, 1.54) is 11.3 Å². The third-order valence-electron chi connectivity index (χ3n) is 3.43. The molecular weight excluding hydrogens is 308 g/mol. The lowest BCUT2D eigenvalue weighted by atomic mass is 10.2. The van der Waals surface area contributed by atoms with Crippen molar-refractivity contribution in [2.24, 2.45) is 0 Å². The van der Waals surface area contributed by atoms with Crippen molar-refractivity contribution in [3.63, 3.8) is 0 Å². The second-order valence-electron chi connectivity index (χ2n) is 4.95. The Hall–Kier alpha value is -2.99. The first-order valence-corrected chi connectivity index (χ1v) is 7.93. The van der Waals surface area contributed by atoms with E-state index in [-0.39, 0.29) is 5.91 Å². The summed E-state index contributed by atoms with van der Waals surface area (Å²) in [6.45, 7) is 0. The van der Waals surface area contributed by atoms with Gasteiger partial charge in [-0.2, -0.15) is 0 Å². The Labute approximate surface area is 136 Å². The topological polar surface area (TPSA) is 59.8 Å². The van der Waals surface area contributed by atoms with E-state index in [1.54, 1.807) is 16.4 Å². The first-order chi connectivity index (χ1) is 11.3. The molecule has 112 valence electrons. The zero-order valence-electron chi connectivity index (χ0n) is 12.0. The highest BCUT2D eigenvalue weighted by Crippen LogP contribution is 2.23. The van der Waals surface area contributed by atoms with Gasteiger partial charge in [0.2, 0.25) is 0 Å². The van der Waals surface area contributed by atoms with Gasteiger partial charge in [0, 0.05) is 10.9 Å². The number of fused-ring (bicyclic) bond motifs is 1. The van der Waals surface area contributed by atoms with Crippen LogP contribution >= 0.6 is 11.3 Å². The van der Waals surface area contributed by atoms with Crippen molar-refractivity contribution in [3.05, 3.63) is 72.0 Å². The lowest BCUT2D eigenvalue weighted by Gasteiger charge is -2.04. The number of hydrogen-bond acceptors (Lipinski definition) is 4. The maximum atomic E-state index is 12.4. The van der Waals surface area contributed by atoms with Crippen molar-refractivity contribution in [2.75, 3.05) is 5.43 Å². The molecule has 0 saturated carbocycles. The average molecular weight is 320 g/mol. The zero-order valence-corrected chi connectivity index (χ0v) is 12.8. The number of nitrogens with one attached hydrogen (secondary N) is 1. The molecule has 5 nitrogen and oxygen atoms in total. The number of benzene rings is 2. The van der Waals surface area contributed by atoms with Crippen LogP contribution in [-0.2, 0) is 0 Å². The summed E-state index contributed by atoms with van der Waals surface area (Å²) in [5.74, 6) is -0.258. The van der Waals surface area contributed by atoms with Gasteiger partial charge in [0.05, 0.1) is 11.0 Å². The molecule has 0 spiro atoms. The van der Waals surface area contributed by atoms with Gasteiger partial charge in [0.25, 0.3) is 5.91 Å². The fourth-order valence-corrected chi connectivity index (χ4v) is 3.11. The smallest absolute Gasteiger partial charge is 0.266 e. The van der Waals surface area contributed by atoms with Crippen LogP contribution < -0.4 is 5.43 Å². The standard InChI is InChI=1S/C17H12N4OS/c22-16(20-21-11-18-13-8-4-5-9-15(13)21)14-10-23-17(19-14)12-6-2-1-3-7-12/h1-11H,(H,20,22). The van der Waals surface area contributed by atoms with E-state index < -0.39 is 0 Å². The van der Waals surface area contributed by atoms with Crippen LogP contribution in [0.15, 0.2) is 66.3 Å². The number of thiazole rings is 1. The normalized spacial score (nSPS) is 10.8. The quantitative estimate of drug-likeness (QED) is 0.628. The van der Waals surface area contributed by atoms with Crippen LogP contribution in [0, 0.1) is 0 Å². The second kappa shape index (κ2) is 5.66. The number of rotatable bonds is 3. The Morgan fingerprint density at radius 2 is 1.83 bits per heavy atom. The van der Waals surface area contributed by atoms with E-state index in [4.69, 9.17) is 0 Å². The van der Waals surface area contributed by atoms with Crippen LogP contribution in [0.3, 0.4) is 0 Å². The molecule has 2 aromatic carbocycles. The molecule has 2 heterocycles. The molecule has 0 unspecified atom stereocenters. The summed E-state index contributed by atoms with van der Waals surface area (Å²) in [5.41, 5.74) is 5.88. The van der Waals surface area contributed by atoms with Gasteiger partial charge in [0.1, 0.15) is 17.0 Å². The van der Waals surface area contributed by atoms with Gasteiger partial charge in [-0.05, 0) is 12.1 Å². The molecule has 0 bridgehead atoms. The summed E-state index contributed by atoms with van der Waals surface area (Å²) >= 11 is 1.45. The van der Waals surface area contributed by atoms with E-state index >= 15 is 0 Å². The van der Waals surface area contributed by atoms with Crippen molar-refractivity contribution in [1.82, 2.24) is 14.6 Å². The molecule has 23 heavy (non-hydrogen) atoms. The van der Waals surface area contributed by atoms with Gasteiger partial charge in [-0.3, -0.25) is 10.2 Å². The third kappa shape index (κ3) is 2.60. The Kier molecular flexibility index (Phi) is 3.36. The van der Waals surface area contributed by atoms with E-state index in [2.05, 4.69) is 15.4 Å². The maximum Gasteiger partial charge on any atom is 0.289 e. The van der Waals surface area contributed by atoms with E-state index in [0.29, 0.717) is 5.69 Å². The van der Waals surface area contributed by atoms with Crippen molar-refractivity contribution >= 4 is 28.3 Å². The van der Waals surface area contributed by atoms with E-state index in [9.17, 15) is 4.79 Å². The molecule has 1 amide bonds. The van der Waals surface area contributed by atoms with Gasteiger partial charge in [-0.25, -0.2) is 14.6 Å². The molecule has 0 atom stereocenters. The minimum absolute atomic E-state index is 0.258. The zero-order chi connectivity index (χ0) is 15.6. The number of nitrogens with zero attached hydrogens (tertiary/aromatic N) is 3. The van der Waals surface area contributed by atoms with Crippen LogP contribution in [-0.4, -0.2) is 20.6 Å². The molecular formula is C17H12N4OS. The number of para-hydroxylation sites is 2. The molecule has 2 aromatic heterocycles. The lowest BCUT2D eigenvalue weighted by molar-refractivity contribution is 0.100. The highest BCUT2D eigenvalue weighted by Gasteiger charge is 2.13. The highest BCUT2D eigenvalue weighted by molar-refractivity contribution is 7.13.